The summed E-state index contributed by atoms with van der Waals surface area (Å²) in [5.41, 5.74) is -16.4. The van der Waals surface area contributed by atoms with Crippen LogP contribution in [-0.2, 0) is 54.6 Å². The molecule has 0 saturated heterocycles. The lowest BCUT2D eigenvalue weighted by atomic mass is 10.0. The van der Waals surface area contributed by atoms with Gasteiger partial charge in [-0.05, 0) is 78.4 Å². The van der Waals surface area contributed by atoms with E-state index in [2.05, 4.69) is 14.3 Å². The van der Waals surface area contributed by atoms with Crippen LogP contribution in [0, 0.1) is 38.1 Å². The molecule has 0 spiro atoms. The SMILES string of the molecule is COc1cc(C=O)cc(CO)c1C(F)(F)F.O=COc1cc(C=O)cc(C(=O)O)c1C(F)(F)F.O=Cc1cc(Cl)c(C(F)(F)F)c(Cl)c1.O=Cc1cc(O)c(C(F)(F)F)c(O)c1.O=Cc1cc([N+](=O)[O-])c(C(F)(F)F)c([N+](=O)[O-])c1.O=Cc1ccc(C(F)(F)F)cc1.[C-]#[N+]c1cc(C=O)cc(C#N)c1C(F)(F)F. The summed E-state index contributed by atoms with van der Waals surface area (Å²) in [7, 11) is 1.07. The molecule has 0 aliphatic rings. The number of carboxylic acid groups (broad SMARTS) is 1. The smallest absolute Gasteiger partial charge is 0.429 e. The fraction of sp³-hybridized carbons (Fsp3) is 0.145. The number of phenols is 2. The summed E-state index contributed by atoms with van der Waals surface area (Å²) in [5, 5.41) is 63.7. The van der Waals surface area contributed by atoms with Gasteiger partial charge in [0.15, 0.2) is 6.29 Å². The maximum absolute atomic E-state index is 12.7. The van der Waals surface area contributed by atoms with Crippen LogP contribution in [-0.4, -0.2) is 93.8 Å². The number of nitrogens with zero attached hydrogens (tertiary/aromatic N) is 4. The van der Waals surface area contributed by atoms with Crippen molar-refractivity contribution in [2.45, 2.75) is 49.8 Å². The Morgan fingerprint density at radius 3 is 1.18 bits per heavy atom. The Hall–Kier alpha value is -12.6. The lowest BCUT2D eigenvalue weighted by Gasteiger charge is -2.16. The van der Waals surface area contributed by atoms with E-state index in [0.717, 1.165) is 67.8 Å². The maximum atomic E-state index is 12.7. The second-order valence-corrected chi connectivity index (χ2v) is 20.1. The van der Waals surface area contributed by atoms with Crippen LogP contribution in [0.5, 0.6) is 23.0 Å². The highest BCUT2D eigenvalue weighted by atomic mass is 35.5. The number of ether oxygens (including phenoxy) is 2. The maximum Gasteiger partial charge on any atom is 0.429 e. The molecule has 23 nitrogen and oxygen atoms in total. The van der Waals surface area contributed by atoms with Gasteiger partial charge in [-0.25, -0.2) is 9.64 Å². The first-order valence-corrected chi connectivity index (χ1v) is 27.5. The number of alkyl halides is 21. The minimum absolute atomic E-state index is 0.00741. The van der Waals surface area contributed by atoms with E-state index in [1.807, 2.05) is 0 Å². The van der Waals surface area contributed by atoms with Crippen molar-refractivity contribution in [2.75, 3.05) is 7.11 Å². The summed E-state index contributed by atoms with van der Waals surface area (Å²) in [4.78, 5) is 114. The molecule has 7 rings (SSSR count). The van der Waals surface area contributed by atoms with Gasteiger partial charge in [0.1, 0.15) is 77.4 Å². The van der Waals surface area contributed by atoms with Crippen LogP contribution in [0.4, 0.5) is 109 Å². The Bertz CT molecular complexity index is 4390. The molecule has 0 amide bonds. The van der Waals surface area contributed by atoms with Gasteiger partial charge in [-0.3, -0.25) is 58.6 Å². The van der Waals surface area contributed by atoms with Gasteiger partial charge < -0.3 is 29.9 Å². The van der Waals surface area contributed by atoms with Crippen molar-refractivity contribution >= 4 is 96.7 Å². The number of aromatic carboxylic acids is 1. The molecule has 4 N–H and O–H groups in total. The number of halogens is 23. The number of carbonyl (C=O) groups excluding carboxylic acids is 8. The first-order valence-electron chi connectivity index (χ1n) is 26.7. The number of rotatable bonds is 14. The number of phenolic OH excluding ortho intramolecular Hbond substituents is 2. The zero-order valence-electron chi connectivity index (χ0n) is 52.0. The number of carboxylic acids is 1. The highest BCUT2D eigenvalue weighted by Gasteiger charge is 2.47. The number of nitro benzene ring substituents is 2. The van der Waals surface area contributed by atoms with Gasteiger partial charge in [0.2, 0.25) is 11.3 Å². The van der Waals surface area contributed by atoms with E-state index in [9.17, 15) is 156 Å². The molecular weight excluding hydrogens is 1570 g/mol. The third-order valence-corrected chi connectivity index (χ3v) is 12.7. The van der Waals surface area contributed by atoms with E-state index >= 15 is 0 Å². The van der Waals surface area contributed by atoms with Gasteiger partial charge >= 0.3 is 49.2 Å². The zero-order valence-corrected chi connectivity index (χ0v) is 53.5. The largest absolute Gasteiger partial charge is 0.507 e. The molecule has 7 aromatic rings. The minimum Gasteiger partial charge on any atom is -0.507 e. The van der Waals surface area contributed by atoms with Crippen molar-refractivity contribution in [2.24, 2.45) is 0 Å². The second kappa shape index (κ2) is 39.0. The van der Waals surface area contributed by atoms with Crippen molar-refractivity contribution in [3.05, 3.63) is 233 Å². The Balaban J connectivity index is 0.000000632. The van der Waals surface area contributed by atoms with E-state index in [1.165, 1.54) is 6.07 Å². The van der Waals surface area contributed by atoms with Crippen molar-refractivity contribution < 1.29 is 175 Å². The van der Waals surface area contributed by atoms with E-state index in [0.29, 0.717) is 55.3 Å². The number of aliphatic hydroxyl groups is 1. The average Bonchev–Trinajstić information content (AvgIpc) is 0.805. The third-order valence-electron chi connectivity index (χ3n) is 12.1. The lowest BCUT2D eigenvalue weighted by Crippen LogP contribution is -2.15. The Morgan fingerprint density at radius 2 is 0.852 bits per heavy atom. The molecule has 0 unspecified atom stereocenters. The van der Waals surface area contributed by atoms with Crippen LogP contribution in [0.25, 0.3) is 4.85 Å². The number of aliphatic hydroxyl groups excluding tert-OH is 1. The fourth-order valence-corrected chi connectivity index (χ4v) is 8.55. The van der Waals surface area contributed by atoms with Crippen molar-refractivity contribution in [1.29, 1.82) is 5.26 Å². The van der Waals surface area contributed by atoms with Crippen LogP contribution in [0.15, 0.2) is 97.1 Å². The molecule has 0 atom stereocenters. The molecular formula is C62H33Cl2F21N4O19. The van der Waals surface area contributed by atoms with Crippen LogP contribution in [0.1, 0.15) is 133 Å². The number of carbonyl (C=O) groups is 9. The number of hydrogen-bond acceptors (Lipinski definition) is 19. The van der Waals surface area contributed by atoms with Gasteiger partial charge in [-0.1, -0.05) is 35.3 Å². The van der Waals surface area contributed by atoms with E-state index in [1.54, 1.807) is 0 Å². The molecule has 0 aliphatic carbocycles. The second-order valence-electron chi connectivity index (χ2n) is 19.2. The number of hydrogen-bond donors (Lipinski definition) is 4. The van der Waals surface area contributed by atoms with E-state index < -0.39 is 171 Å². The number of nitriles is 1. The average molecular weight is 1610 g/mol. The Kier molecular flexibility index (Phi) is 33.7. The molecule has 0 heterocycles. The molecule has 108 heavy (non-hydrogen) atoms. The lowest BCUT2D eigenvalue weighted by molar-refractivity contribution is -0.400. The van der Waals surface area contributed by atoms with Gasteiger partial charge in [-0.15, -0.1) is 0 Å². The Morgan fingerprint density at radius 1 is 0.491 bits per heavy atom. The molecule has 0 radical (unpaired) electrons. The molecule has 576 valence electrons. The number of methoxy groups -OCH3 is 1. The van der Waals surface area contributed by atoms with Gasteiger partial charge in [0, 0.05) is 51.1 Å². The van der Waals surface area contributed by atoms with E-state index in [4.69, 9.17) is 55.5 Å². The van der Waals surface area contributed by atoms with Crippen LogP contribution < -0.4 is 9.47 Å². The van der Waals surface area contributed by atoms with Crippen LogP contribution in [0.2, 0.25) is 10.0 Å². The van der Waals surface area contributed by atoms with Gasteiger partial charge in [-0.2, -0.15) is 97.5 Å². The normalized spacial score (nSPS) is 11.1. The van der Waals surface area contributed by atoms with E-state index in [-0.39, 0.29) is 70.6 Å². The fourth-order valence-electron chi connectivity index (χ4n) is 7.83. The molecule has 0 bridgehead atoms. The summed E-state index contributed by atoms with van der Waals surface area (Å²) in [6.07, 6.45) is -31.6. The summed E-state index contributed by atoms with van der Waals surface area (Å²) in [6, 6.07) is 13.9. The first-order chi connectivity index (χ1) is 49.6. The predicted octanol–water partition coefficient (Wildman–Crippen LogP) is 17.3. The highest BCUT2D eigenvalue weighted by Crippen LogP contribution is 2.46. The molecule has 7 aromatic carbocycles. The molecule has 0 fully saturated rings. The Labute approximate surface area is 594 Å². The monoisotopic (exact) mass is 1610 g/mol. The quantitative estimate of drug-likeness (QED) is 0.0258. The summed E-state index contributed by atoms with van der Waals surface area (Å²) >= 11 is 10.7. The molecule has 0 aromatic heterocycles. The minimum atomic E-state index is -5.27. The van der Waals surface area contributed by atoms with Crippen LogP contribution >= 0.6 is 23.2 Å². The van der Waals surface area contributed by atoms with Gasteiger partial charge in [0.05, 0.1) is 74.1 Å². The number of benzene rings is 7. The molecule has 0 saturated carbocycles. The van der Waals surface area contributed by atoms with Crippen molar-refractivity contribution in [3.8, 4) is 29.1 Å². The highest BCUT2D eigenvalue weighted by molar-refractivity contribution is 6.36. The third kappa shape index (κ3) is 26.8. The number of aromatic hydroxyl groups is 2. The van der Waals surface area contributed by atoms with Crippen molar-refractivity contribution in [3.63, 3.8) is 0 Å². The van der Waals surface area contributed by atoms with Crippen LogP contribution in [0.3, 0.4) is 0 Å². The van der Waals surface area contributed by atoms with Gasteiger partial charge in [0.25, 0.3) is 17.8 Å². The molecule has 0 aliphatic heterocycles. The predicted molar refractivity (Wildman–Crippen MR) is 322 cm³/mol. The topological polar surface area (TPSA) is 367 Å². The number of nitro groups is 2. The molecule has 46 heteroatoms. The summed E-state index contributed by atoms with van der Waals surface area (Å²) in [6.45, 7) is 5.51. The number of aldehydes is 7. The zero-order chi connectivity index (χ0) is 83.7. The summed E-state index contributed by atoms with van der Waals surface area (Å²) < 4.78 is 269. The van der Waals surface area contributed by atoms with Crippen molar-refractivity contribution in [1.82, 2.24) is 0 Å². The standard InChI is InChI=1S/C10H3F3N2O.C10H5F3O5.C10H9F3O3.C8H3Cl2F3O.C8H3F3N2O5.C8H5F3O3.C8H5F3O/c1-15-8-3-6(5-16)2-7(4-14)9(8)10(11,12)13;11-10(12,13)8-6(9(16)17)1-5(3-14)2-7(8)18-4-15;1-16-8-3-6(4-14)2-7(5-15)9(8)10(11,12)13;9-5-1-4(3-14)2-6(10)7(5)8(11,12)13;9-8(10,11)7-5(12(15)16)1-4(3-14)2-6(7)13(17)18;9-8(10,11)7-5(13)1-4(3-12)2-6(7)14;9-8(10,11)7-3-1-6(5-12)2-4-7/h2-3,5H;1-4H,(H,16,17);2-4,15H,5H2,1H3;1-3H;1-3H;1-3,13-14H;1-5H. The summed E-state index contributed by atoms with van der Waals surface area (Å²) in [5.74, 6) is -5.72. The first kappa shape index (κ1) is 93.4.